The van der Waals surface area contributed by atoms with Crippen molar-refractivity contribution in [1.29, 1.82) is 0 Å². The number of benzene rings is 2. The van der Waals surface area contributed by atoms with Gasteiger partial charge in [-0.25, -0.2) is 4.39 Å². The minimum atomic E-state index is -0.283. The van der Waals surface area contributed by atoms with Crippen molar-refractivity contribution >= 4 is 22.7 Å². The number of likely N-dealkylation sites (tertiary alicyclic amines) is 1. The Morgan fingerprint density at radius 2 is 1.72 bits per heavy atom. The Kier molecular flexibility index (Phi) is 7.79. The van der Waals surface area contributed by atoms with E-state index in [0.717, 1.165) is 17.4 Å². The zero-order valence-electron chi connectivity index (χ0n) is 21.8. The Labute approximate surface area is 213 Å². The first-order chi connectivity index (χ1) is 17.1. The van der Waals surface area contributed by atoms with Gasteiger partial charge in [0, 0.05) is 48.6 Å². The summed E-state index contributed by atoms with van der Waals surface area (Å²) in [6, 6.07) is 16.4. The summed E-state index contributed by atoms with van der Waals surface area (Å²) in [5.74, 6) is -0.376. The third-order valence-corrected chi connectivity index (χ3v) is 6.95. The van der Waals surface area contributed by atoms with Gasteiger partial charge in [-0.05, 0) is 50.6 Å². The molecule has 0 radical (unpaired) electrons. The Hall–Kier alpha value is -3.19. The molecular formula is C29H37FN4O2. The van der Waals surface area contributed by atoms with E-state index in [9.17, 15) is 14.0 Å². The van der Waals surface area contributed by atoms with Crippen LogP contribution in [0.25, 0.3) is 10.9 Å². The number of piperidine rings is 1. The van der Waals surface area contributed by atoms with Gasteiger partial charge < -0.3 is 19.7 Å². The van der Waals surface area contributed by atoms with E-state index < -0.39 is 0 Å². The molecule has 7 heteroatoms. The molecule has 1 aliphatic rings. The molecule has 1 aromatic heterocycles. The van der Waals surface area contributed by atoms with Gasteiger partial charge in [-0.1, -0.05) is 50.2 Å². The van der Waals surface area contributed by atoms with Gasteiger partial charge in [-0.15, -0.1) is 0 Å². The number of nitrogens with zero attached hydrogens (tertiary/aromatic N) is 3. The number of hydrogen-bond acceptors (Lipinski definition) is 3. The van der Waals surface area contributed by atoms with Gasteiger partial charge >= 0.3 is 0 Å². The number of carbonyl (C=O) groups excluding carboxylic acids is 2. The molecule has 192 valence electrons. The molecule has 0 saturated carbocycles. The molecule has 0 atom stereocenters. The largest absolute Gasteiger partial charge is 0.355 e. The van der Waals surface area contributed by atoms with Crippen molar-refractivity contribution in [2.75, 3.05) is 40.3 Å². The lowest BCUT2D eigenvalue weighted by Crippen LogP contribution is -2.46. The topological polar surface area (TPSA) is 57.6 Å². The van der Waals surface area contributed by atoms with E-state index in [2.05, 4.69) is 24.1 Å². The van der Waals surface area contributed by atoms with Gasteiger partial charge in [0.15, 0.2) is 0 Å². The Morgan fingerprint density at radius 1 is 1.06 bits per heavy atom. The Bertz CT molecular complexity index is 1220. The van der Waals surface area contributed by atoms with E-state index in [0.29, 0.717) is 43.7 Å². The zero-order valence-corrected chi connectivity index (χ0v) is 21.8. The maximum atomic E-state index is 14.4. The maximum Gasteiger partial charge on any atom is 0.270 e. The highest BCUT2D eigenvalue weighted by molar-refractivity contribution is 5.99. The van der Waals surface area contributed by atoms with Crippen molar-refractivity contribution in [3.05, 3.63) is 71.7 Å². The quantitative estimate of drug-likeness (QED) is 0.508. The normalized spacial score (nSPS) is 15.0. The minimum absolute atomic E-state index is 0.0124. The minimum Gasteiger partial charge on any atom is -0.355 e. The van der Waals surface area contributed by atoms with Gasteiger partial charge in [0.1, 0.15) is 11.5 Å². The molecule has 1 N–H and O–H groups in total. The van der Waals surface area contributed by atoms with Crippen LogP contribution in [0.1, 0.15) is 42.7 Å². The molecule has 2 aromatic carbocycles. The van der Waals surface area contributed by atoms with Gasteiger partial charge in [-0.2, -0.15) is 0 Å². The fourth-order valence-electron chi connectivity index (χ4n) is 5.24. The Balaban J connectivity index is 1.44. The molecule has 2 amide bonds. The number of fused-ring (bicyclic) bond motifs is 1. The lowest BCUT2D eigenvalue weighted by atomic mass is 9.91. The van der Waals surface area contributed by atoms with Crippen LogP contribution in [0, 0.1) is 17.2 Å². The third kappa shape index (κ3) is 5.95. The average Bonchev–Trinajstić information content (AvgIpc) is 3.21. The molecule has 36 heavy (non-hydrogen) atoms. The summed E-state index contributed by atoms with van der Waals surface area (Å²) in [5.41, 5.74) is 1.98. The molecule has 1 fully saturated rings. The smallest absolute Gasteiger partial charge is 0.270 e. The number of carbonyl (C=O) groups is 2. The fraction of sp³-hybridized carbons (Fsp3) is 0.448. The fourth-order valence-corrected chi connectivity index (χ4v) is 5.24. The van der Waals surface area contributed by atoms with Crippen LogP contribution in [-0.2, 0) is 11.3 Å². The number of aromatic nitrogens is 1. The number of para-hydroxylation sites is 1. The van der Waals surface area contributed by atoms with Crippen molar-refractivity contribution in [3.8, 4) is 0 Å². The van der Waals surface area contributed by atoms with Crippen molar-refractivity contribution in [2.24, 2.45) is 11.3 Å². The lowest BCUT2D eigenvalue weighted by molar-refractivity contribution is -0.126. The first kappa shape index (κ1) is 25.9. The summed E-state index contributed by atoms with van der Waals surface area (Å²) < 4.78 is 16.3. The molecule has 3 aromatic rings. The van der Waals surface area contributed by atoms with Crippen LogP contribution in [-0.4, -0.2) is 66.5 Å². The number of rotatable bonds is 8. The van der Waals surface area contributed by atoms with Gasteiger partial charge in [0.05, 0.1) is 6.54 Å². The summed E-state index contributed by atoms with van der Waals surface area (Å²) in [6.07, 6.45) is 1.28. The third-order valence-electron chi connectivity index (χ3n) is 6.95. The number of halogens is 1. The molecule has 1 aliphatic heterocycles. The molecule has 0 aliphatic carbocycles. The van der Waals surface area contributed by atoms with E-state index in [1.165, 1.54) is 6.07 Å². The SMILES string of the molecule is CN(C)CC(C)(C)CNC(=O)C1CCN(C(=O)c2cc3ccccc3n2Cc2ccccc2F)CC1. The molecule has 1 saturated heterocycles. The number of nitrogens with one attached hydrogen (secondary N) is 1. The second-order valence-corrected chi connectivity index (χ2v) is 11.0. The molecule has 4 rings (SSSR count). The predicted molar refractivity (Wildman–Crippen MR) is 141 cm³/mol. The van der Waals surface area contributed by atoms with E-state index >= 15 is 0 Å². The second-order valence-electron chi connectivity index (χ2n) is 11.0. The van der Waals surface area contributed by atoms with E-state index in [-0.39, 0.29) is 35.5 Å². The molecule has 0 spiro atoms. The van der Waals surface area contributed by atoms with Crippen molar-refractivity contribution in [3.63, 3.8) is 0 Å². The molecule has 0 unspecified atom stereocenters. The highest BCUT2D eigenvalue weighted by Crippen LogP contribution is 2.26. The predicted octanol–water partition coefficient (Wildman–Crippen LogP) is 4.38. The monoisotopic (exact) mass is 492 g/mol. The molecule has 2 heterocycles. The first-order valence-corrected chi connectivity index (χ1v) is 12.7. The van der Waals surface area contributed by atoms with E-state index in [1.807, 2.05) is 60.0 Å². The van der Waals surface area contributed by atoms with Gasteiger partial charge in [0.25, 0.3) is 5.91 Å². The first-order valence-electron chi connectivity index (χ1n) is 12.7. The van der Waals surface area contributed by atoms with Crippen molar-refractivity contribution < 1.29 is 14.0 Å². The van der Waals surface area contributed by atoms with Gasteiger partial charge in [-0.3, -0.25) is 9.59 Å². The summed E-state index contributed by atoms with van der Waals surface area (Å²) in [4.78, 5) is 30.4. The average molecular weight is 493 g/mol. The van der Waals surface area contributed by atoms with Gasteiger partial charge in [0.2, 0.25) is 5.91 Å². The summed E-state index contributed by atoms with van der Waals surface area (Å²) in [5, 5.41) is 4.08. The zero-order chi connectivity index (χ0) is 25.9. The summed E-state index contributed by atoms with van der Waals surface area (Å²) >= 11 is 0. The van der Waals surface area contributed by atoms with Crippen molar-refractivity contribution in [1.82, 2.24) is 19.7 Å². The van der Waals surface area contributed by atoms with Crippen LogP contribution in [0.4, 0.5) is 4.39 Å². The highest BCUT2D eigenvalue weighted by Gasteiger charge is 2.30. The van der Waals surface area contributed by atoms with Crippen LogP contribution in [0.15, 0.2) is 54.6 Å². The molecular weight excluding hydrogens is 455 g/mol. The molecule has 6 nitrogen and oxygen atoms in total. The van der Waals surface area contributed by atoms with Crippen LogP contribution < -0.4 is 5.32 Å². The number of hydrogen-bond donors (Lipinski definition) is 1. The standard InChI is InChI=1S/C29H37FN4O2/c1-29(2,20-32(3)4)19-31-27(35)21-13-15-33(16-14-21)28(36)26-17-22-9-6-8-12-25(22)34(26)18-23-10-5-7-11-24(23)30/h5-12,17,21H,13-16,18-20H2,1-4H3,(H,31,35). The van der Waals surface area contributed by atoms with Crippen LogP contribution in [0.5, 0.6) is 0 Å². The summed E-state index contributed by atoms with van der Waals surface area (Å²) in [6.45, 7) is 7.14. The van der Waals surface area contributed by atoms with Crippen LogP contribution >= 0.6 is 0 Å². The number of amides is 2. The lowest BCUT2D eigenvalue weighted by Gasteiger charge is -2.33. The highest BCUT2D eigenvalue weighted by atomic mass is 19.1. The van der Waals surface area contributed by atoms with Crippen molar-refractivity contribution in [2.45, 2.75) is 33.2 Å². The van der Waals surface area contributed by atoms with E-state index in [1.54, 1.807) is 12.1 Å². The summed E-state index contributed by atoms with van der Waals surface area (Å²) in [7, 11) is 4.07. The van der Waals surface area contributed by atoms with Crippen LogP contribution in [0.3, 0.4) is 0 Å². The van der Waals surface area contributed by atoms with Crippen LogP contribution in [0.2, 0.25) is 0 Å². The van der Waals surface area contributed by atoms with E-state index in [4.69, 9.17) is 0 Å². The molecule has 0 bridgehead atoms. The maximum absolute atomic E-state index is 14.4. The Morgan fingerprint density at radius 3 is 2.42 bits per heavy atom. The second kappa shape index (κ2) is 10.8.